The van der Waals surface area contributed by atoms with Gasteiger partial charge >= 0.3 is 5.97 Å². The summed E-state index contributed by atoms with van der Waals surface area (Å²) in [5.74, 6) is -0.928. The van der Waals surface area contributed by atoms with E-state index in [4.69, 9.17) is 5.11 Å². The molecule has 0 aromatic rings. The van der Waals surface area contributed by atoms with Crippen LogP contribution in [0.4, 0.5) is 0 Å². The van der Waals surface area contributed by atoms with Crippen molar-refractivity contribution in [2.75, 3.05) is 0 Å². The minimum atomic E-state index is -0.928. The molecule has 44 valence electrons. The number of hydrogen-bond acceptors (Lipinski definition) is 2. The van der Waals surface area contributed by atoms with Crippen LogP contribution < -0.4 is 0 Å². The molecule has 0 aliphatic carbocycles. The molecule has 0 aromatic carbocycles. The highest BCUT2D eigenvalue weighted by molar-refractivity contribution is 5.71. The van der Waals surface area contributed by atoms with E-state index < -0.39 is 5.97 Å². The van der Waals surface area contributed by atoms with Gasteiger partial charge in [0.05, 0.1) is 6.42 Å². The third-order valence-corrected chi connectivity index (χ3v) is 0.507. The first-order chi connectivity index (χ1) is 3.77. The Bertz CT molecular complexity index is 115. The first-order valence-electron chi connectivity index (χ1n) is 2.09. The van der Waals surface area contributed by atoms with E-state index in [2.05, 4.69) is 0 Å². The zero-order valence-electron chi connectivity index (χ0n) is 4.20. The summed E-state index contributed by atoms with van der Waals surface area (Å²) in [5.41, 5.74) is 0. The second-order valence-electron chi connectivity index (χ2n) is 1.16. The Morgan fingerprint density at radius 2 is 2.25 bits per heavy atom. The van der Waals surface area contributed by atoms with Crippen LogP contribution in [0.3, 0.4) is 0 Å². The van der Waals surface area contributed by atoms with Crippen molar-refractivity contribution in [2.24, 2.45) is 0 Å². The molecular weight excluding hydrogens is 108 g/mol. The Kier molecular flexibility index (Phi) is 3.48. The second kappa shape index (κ2) is 4.05. The number of carboxylic acid groups (broad SMARTS) is 1. The molecule has 0 unspecified atom stereocenters. The monoisotopic (exact) mass is 114 g/mol. The molecule has 0 aliphatic heterocycles. The number of rotatable bonds is 3. The van der Waals surface area contributed by atoms with Gasteiger partial charge in [0.25, 0.3) is 0 Å². The lowest BCUT2D eigenvalue weighted by atomic mass is 10.4. The maximum absolute atomic E-state index is 9.71. The first kappa shape index (κ1) is 6.88. The van der Waals surface area contributed by atoms with Gasteiger partial charge in [0, 0.05) is 0 Å². The number of aliphatic carboxylic acids is 1. The minimum absolute atomic E-state index is 0.0846. The van der Waals surface area contributed by atoms with E-state index in [1.54, 1.807) is 0 Å². The van der Waals surface area contributed by atoms with Crippen molar-refractivity contribution in [1.29, 1.82) is 0 Å². The van der Waals surface area contributed by atoms with E-state index in [1.807, 2.05) is 0 Å². The van der Waals surface area contributed by atoms with Crippen LogP contribution in [0.15, 0.2) is 12.2 Å². The van der Waals surface area contributed by atoms with Gasteiger partial charge in [-0.05, 0) is 6.08 Å². The molecule has 1 N–H and O–H groups in total. The molecule has 0 aliphatic rings. The number of aldehydes is 1. The van der Waals surface area contributed by atoms with Crippen LogP contribution in [-0.4, -0.2) is 17.4 Å². The van der Waals surface area contributed by atoms with Gasteiger partial charge in [-0.15, -0.1) is 0 Å². The summed E-state index contributed by atoms with van der Waals surface area (Å²) < 4.78 is 0. The Hall–Kier alpha value is -1.12. The summed E-state index contributed by atoms with van der Waals surface area (Å²) in [6, 6.07) is 0. The summed E-state index contributed by atoms with van der Waals surface area (Å²) >= 11 is 0. The highest BCUT2D eigenvalue weighted by atomic mass is 16.4. The van der Waals surface area contributed by atoms with Crippen molar-refractivity contribution in [3.05, 3.63) is 12.2 Å². The average molecular weight is 114 g/mol. The predicted octanol–water partition coefficient (Wildman–Crippen LogP) is 0.216. The largest absolute Gasteiger partial charge is 0.481 e. The normalized spacial score (nSPS) is 9.50. The third-order valence-electron chi connectivity index (χ3n) is 0.507. The smallest absolute Gasteiger partial charge is 0.307 e. The molecule has 0 radical (unpaired) electrons. The van der Waals surface area contributed by atoms with Crippen LogP contribution in [-0.2, 0) is 9.59 Å². The van der Waals surface area contributed by atoms with Gasteiger partial charge < -0.3 is 5.11 Å². The van der Waals surface area contributed by atoms with Crippen LogP contribution in [0.2, 0.25) is 0 Å². The third kappa shape index (κ3) is 4.88. The SMILES string of the molecule is O=C/C=C\CC(=O)O. The number of hydrogen-bond donors (Lipinski definition) is 1. The van der Waals surface area contributed by atoms with Crippen molar-refractivity contribution >= 4 is 12.3 Å². The van der Waals surface area contributed by atoms with Gasteiger partial charge in [0.1, 0.15) is 6.29 Å². The fourth-order valence-electron chi connectivity index (χ4n) is 0.224. The van der Waals surface area contributed by atoms with Crippen molar-refractivity contribution in [1.82, 2.24) is 0 Å². The molecule has 0 saturated heterocycles. The summed E-state index contributed by atoms with van der Waals surface area (Å²) in [7, 11) is 0. The fourth-order valence-corrected chi connectivity index (χ4v) is 0.224. The van der Waals surface area contributed by atoms with Gasteiger partial charge in [-0.25, -0.2) is 0 Å². The molecule has 0 aromatic heterocycles. The lowest BCUT2D eigenvalue weighted by Gasteiger charge is -1.77. The lowest BCUT2D eigenvalue weighted by molar-refractivity contribution is -0.135. The van der Waals surface area contributed by atoms with Gasteiger partial charge in [-0.2, -0.15) is 0 Å². The predicted molar refractivity (Wildman–Crippen MR) is 27.5 cm³/mol. The Labute approximate surface area is 46.6 Å². The number of carbonyl (C=O) groups is 2. The first-order valence-corrected chi connectivity index (χ1v) is 2.09. The van der Waals surface area contributed by atoms with E-state index in [1.165, 1.54) is 6.08 Å². The molecule has 0 bridgehead atoms. The summed E-state index contributed by atoms with van der Waals surface area (Å²) in [4.78, 5) is 19.2. The zero-order chi connectivity index (χ0) is 6.41. The van der Waals surface area contributed by atoms with Crippen LogP contribution in [0.25, 0.3) is 0 Å². The summed E-state index contributed by atoms with van der Waals surface area (Å²) in [5, 5.41) is 7.97. The van der Waals surface area contributed by atoms with Gasteiger partial charge in [0.15, 0.2) is 0 Å². The van der Waals surface area contributed by atoms with Crippen LogP contribution in [0.1, 0.15) is 6.42 Å². The number of carboxylic acids is 1. The van der Waals surface area contributed by atoms with E-state index in [0.717, 1.165) is 6.08 Å². The average Bonchev–Trinajstić information content (AvgIpc) is 1.66. The molecule has 0 amide bonds. The van der Waals surface area contributed by atoms with Crippen molar-refractivity contribution < 1.29 is 14.7 Å². The molecule has 0 spiro atoms. The molecule has 0 saturated carbocycles. The molecule has 0 heterocycles. The van der Waals surface area contributed by atoms with Gasteiger partial charge in [-0.1, -0.05) is 6.08 Å². The van der Waals surface area contributed by atoms with Crippen molar-refractivity contribution in [3.8, 4) is 0 Å². The molecule has 0 rings (SSSR count). The molecule has 3 nitrogen and oxygen atoms in total. The molecule has 0 atom stereocenters. The second-order valence-corrected chi connectivity index (χ2v) is 1.16. The Balaban J connectivity index is 3.29. The van der Waals surface area contributed by atoms with E-state index in [0.29, 0.717) is 6.29 Å². The minimum Gasteiger partial charge on any atom is -0.481 e. The lowest BCUT2D eigenvalue weighted by Crippen LogP contribution is -1.89. The fraction of sp³-hybridized carbons (Fsp3) is 0.200. The highest BCUT2D eigenvalue weighted by Gasteiger charge is 1.86. The number of allylic oxidation sites excluding steroid dienone is 1. The molecule has 3 heteroatoms. The van der Waals surface area contributed by atoms with Gasteiger partial charge in [0.2, 0.25) is 0 Å². The molecule has 0 fully saturated rings. The summed E-state index contributed by atoms with van der Waals surface area (Å²) in [6.07, 6.45) is 2.91. The molecular formula is C5H6O3. The Morgan fingerprint density at radius 1 is 1.62 bits per heavy atom. The maximum Gasteiger partial charge on any atom is 0.307 e. The van der Waals surface area contributed by atoms with Crippen LogP contribution >= 0.6 is 0 Å². The van der Waals surface area contributed by atoms with E-state index >= 15 is 0 Å². The topological polar surface area (TPSA) is 54.4 Å². The quantitative estimate of drug-likeness (QED) is 0.421. The zero-order valence-corrected chi connectivity index (χ0v) is 4.20. The van der Waals surface area contributed by atoms with Crippen LogP contribution in [0.5, 0.6) is 0 Å². The number of carbonyl (C=O) groups excluding carboxylic acids is 1. The highest BCUT2D eigenvalue weighted by Crippen LogP contribution is 1.78. The Morgan fingerprint density at radius 3 is 2.62 bits per heavy atom. The van der Waals surface area contributed by atoms with Crippen molar-refractivity contribution in [3.63, 3.8) is 0 Å². The van der Waals surface area contributed by atoms with E-state index in [-0.39, 0.29) is 6.42 Å². The van der Waals surface area contributed by atoms with E-state index in [9.17, 15) is 9.59 Å². The van der Waals surface area contributed by atoms with Crippen molar-refractivity contribution in [2.45, 2.75) is 6.42 Å². The maximum atomic E-state index is 9.71. The summed E-state index contributed by atoms with van der Waals surface area (Å²) in [6.45, 7) is 0. The molecule has 8 heavy (non-hydrogen) atoms. The standard InChI is InChI=1S/C5H6O3/c6-4-2-1-3-5(7)8/h1-2,4H,3H2,(H,7,8)/b2-1-. The van der Waals surface area contributed by atoms with Gasteiger partial charge in [-0.3, -0.25) is 9.59 Å². The van der Waals surface area contributed by atoms with Crippen LogP contribution in [0, 0.1) is 0 Å².